The van der Waals surface area contributed by atoms with E-state index in [1.165, 1.54) is 11.8 Å². The molecule has 1 atom stereocenters. The van der Waals surface area contributed by atoms with E-state index >= 15 is 0 Å². The van der Waals surface area contributed by atoms with Crippen molar-refractivity contribution in [1.29, 1.82) is 0 Å². The van der Waals surface area contributed by atoms with Gasteiger partial charge in [-0.3, -0.25) is 4.79 Å². The fourth-order valence-electron chi connectivity index (χ4n) is 2.70. The Morgan fingerprint density at radius 1 is 1.26 bits per heavy atom. The van der Waals surface area contributed by atoms with Gasteiger partial charge in [-0.15, -0.1) is 10.2 Å². The highest BCUT2D eigenvalue weighted by atomic mass is 35.5. The van der Waals surface area contributed by atoms with Crippen molar-refractivity contribution in [3.8, 4) is 11.4 Å². The Kier molecular flexibility index (Phi) is 4.92. The van der Waals surface area contributed by atoms with Gasteiger partial charge in [0, 0.05) is 25.7 Å². The third-order valence-corrected chi connectivity index (χ3v) is 5.45. The van der Waals surface area contributed by atoms with E-state index in [0.717, 1.165) is 36.7 Å². The second kappa shape index (κ2) is 6.93. The monoisotopic (exact) mass is 350 g/mol. The van der Waals surface area contributed by atoms with Gasteiger partial charge in [0.1, 0.15) is 0 Å². The maximum atomic E-state index is 12.4. The summed E-state index contributed by atoms with van der Waals surface area (Å²) in [5, 5.41) is 9.66. The Hall–Kier alpha value is -1.53. The van der Waals surface area contributed by atoms with E-state index in [0.29, 0.717) is 10.8 Å². The zero-order valence-corrected chi connectivity index (χ0v) is 14.8. The number of halogens is 1. The molecule has 1 saturated heterocycles. The maximum Gasteiger partial charge on any atom is 0.235 e. The fraction of sp³-hybridized carbons (Fsp3) is 0.438. The zero-order valence-electron chi connectivity index (χ0n) is 13.2. The minimum atomic E-state index is -0.171. The number of benzene rings is 1. The average molecular weight is 351 g/mol. The molecule has 2 aromatic rings. The molecule has 2 heterocycles. The van der Waals surface area contributed by atoms with Crippen LogP contribution in [-0.4, -0.2) is 43.9 Å². The molecule has 23 heavy (non-hydrogen) atoms. The normalized spacial score (nSPS) is 15.9. The third kappa shape index (κ3) is 3.38. The largest absolute Gasteiger partial charge is 0.342 e. The summed E-state index contributed by atoms with van der Waals surface area (Å²) in [4.78, 5) is 14.4. The Labute approximate surface area is 145 Å². The Balaban J connectivity index is 1.77. The van der Waals surface area contributed by atoms with Crippen LogP contribution in [0.1, 0.15) is 19.8 Å². The van der Waals surface area contributed by atoms with E-state index in [1.54, 1.807) is 0 Å². The molecule has 0 bridgehead atoms. The molecule has 0 unspecified atom stereocenters. The van der Waals surface area contributed by atoms with Gasteiger partial charge in [0.15, 0.2) is 11.0 Å². The first kappa shape index (κ1) is 16.3. The fourth-order valence-corrected chi connectivity index (χ4v) is 3.82. The molecule has 1 aliphatic heterocycles. The molecular formula is C16H19ClN4OS. The highest BCUT2D eigenvalue weighted by Gasteiger charge is 2.26. The van der Waals surface area contributed by atoms with Crippen LogP contribution in [0.4, 0.5) is 0 Å². The lowest BCUT2D eigenvalue weighted by atomic mass is 10.2. The lowest BCUT2D eigenvalue weighted by Crippen LogP contribution is -2.34. The number of likely N-dealkylation sites (tertiary alicyclic amines) is 1. The molecule has 5 nitrogen and oxygen atoms in total. The van der Waals surface area contributed by atoms with Crippen LogP contribution in [0.15, 0.2) is 29.4 Å². The molecule has 0 N–H and O–H groups in total. The van der Waals surface area contributed by atoms with E-state index in [-0.39, 0.29) is 11.2 Å². The van der Waals surface area contributed by atoms with Gasteiger partial charge in [0.2, 0.25) is 5.91 Å². The van der Waals surface area contributed by atoms with Gasteiger partial charge in [-0.25, -0.2) is 0 Å². The summed E-state index contributed by atoms with van der Waals surface area (Å²) in [6.45, 7) is 3.66. The van der Waals surface area contributed by atoms with E-state index in [1.807, 2.05) is 47.7 Å². The minimum Gasteiger partial charge on any atom is -0.342 e. The number of thioether (sulfide) groups is 1. The summed E-state index contributed by atoms with van der Waals surface area (Å²) in [7, 11) is 1.90. The molecule has 0 saturated carbocycles. The Morgan fingerprint density at radius 3 is 2.65 bits per heavy atom. The number of hydrogen-bond acceptors (Lipinski definition) is 4. The van der Waals surface area contributed by atoms with Gasteiger partial charge in [0.25, 0.3) is 0 Å². The molecule has 1 amide bonds. The van der Waals surface area contributed by atoms with Crippen LogP contribution < -0.4 is 0 Å². The predicted octanol–water partition coefficient (Wildman–Crippen LogP) is 3.24. The van der Waals surface area contributed by atoms with Gasteiger partial charge in [0.05, 0.1) is 10.3 Å². The van der Waals surface area contributed by atoms with Crippen molar-refractivity contribution >= 4 is 29.3 Å². The van der Waals surface area contributed by atoms with Gasteiger partial charge >= 0.3 is 0 Å². The quantitative estimate of drug-likeness (QED) is 0.794. The van der Waals surface area contributed by atoms with Crippen LogP contribution in [0, 0.1) is 0 Å². The van der Waals surface area contributed by atoms with E-state index in [2.05, 4.69) is 10.2 Å². The van der Waals surface area contributed by atoms with Gasteiger partial charge in [-0.1, -0.05) is 35.5 Å². The van der Waals surface area contributed by atoms with Crippen LogP contribution in [0.2, 0.25) is 5.02 Å². The summed E-state index contributed by atoms with van der Waals surface area (Å²) in [5.74, 6) is 0.883. The van der Waals surface area contributed by atoms with Crippen molar-refractivity contribution in [3.05, 3.63) is 29.3 Å². The third-order valence-electron chi connectivity index (χ3n) is 4.00. The van der Waals surface area contributed by atoms with E-state index < -0.39 is 0 Å². The number of rotatable bonds is 4. The van der Waals surface area contributed by atoms with Crippen molar-refractivity contribution in [2.24, 2.45) is 7.05 Å². The summed E-state index contributed by atoms with van der Waals surface area (Å²) in [5.41, 5.74) is 0.842. The van der Waals surface area contributed by atoms with Crippen molar-refractivity contribution in [2.75, 3.05) is 13.1 Å². The van der Waals surface area contributed by atoms with Crippen LogP contribution in [0.3, 0.4) is 0 Å². The molecular weight excluding hydrogens is 332 g/mol. The first-order chi connectivity index (χ1) is 11.1. The summed E-state index contributed by atoms with van der Waals surface area (Å²) >= 11 is 7.68. The molecule has 1 aromatic heterocycles. The molecule has 1 aromatic carbocycles. The van der Waals surface area contributed by atoms with Gasteiger partial charge in [-0.05, 0) is 31.9 Å². The first-order valence-electron chi connectivity index (χ1n) is 7.67. The maximum absolute atomic E-state index is 12.4. The molecule has 1 fully saturated rings. The highest BCUT2D eigenvalue weighted by molar-refractivity contribution is 8.00. The summed E-state index contributed by atoms with van der Waals surface area (Å²) in [6.07, 6.45) is 2.20. The Bertz CT molecular complexity index is 712. The van der Waals surface area contributed by atoms with Crippen molar-refractivity contribution in [2.45, 2.75) is 30.2 Å². The smallest absolute Gasteiger partial charge is 0.235 e. The van der Waals surface area contributed by atoms with Gasteiger partial charge < -0.3 is 9.47 Å². The number of nitrogens with zero attached hydrogens (tertiary/aromatic N) is 4. The van der Waals surface area contributed by atoms with Crippen molar-refractivity contribution in [1.82, 2.24) is 19.7 Å². The van der Waals surface area contributed by atoms with E-state index in [9.17, 15) is 4.79 Å². The molecule has 0 radical (unpaired) electrons. The van der Waals surface area contributed by atoms with Crippen LogP contribution in [0.25, 0.3) is 11.4 Å². The topological polar surface area (TPSA) is 51.0 Å². The molecule has 3 rings (SSSR count). The molecule has 122 valence electrons. The van der Waals surface area contributed by atoms with Crippen LogP contribution in [-0.2, 0) is 11.8 Å². The van der Waals surface area contributed by atoms with Crippen LogP contribution in [0.5, 0.6) is 0 Å². The second-order valence-electron chi connectivity index (χ2n) is 5.64. The number of hydrogen-bond donors (Lipinski definition) is 0. The first-order valence-corrected chi connectivity index (χ1v) is 8.93. The average Bonchev–Trinajstić information content (AvgIpc) is 3.19. The number of amides is 1. The lowest BCUT2D eigenvalue weighted by Gasteiger charge is -2.19. The van der Waals surface area contributed by atoms with Crippen molar-refractivity contribution in [3.63, 3.8) is 0 Å². The zero-order chi connectivity index (χ0) is 16.4. The molecule has 0 aliphatic carbocycles. The van der Waals surface area contributed by atoms with E-state index in [4.69, 9.17) is 11.6 Å². The Morgan fingerprint density at radius 2 is 1.96 bits per heavy atom. The SMILES string of the molecule is C[C@H](Sc1nnc(-c2ccccc2Cl)n1C)C(=O)N1CCCC1. The highest BCUT2D eigenvalue weighted by Crippen LogP contribution is 2.30. The molecule has 1 aliphatic rings. The number of carbonyl (C=O) groups excluding carboxylic acids is 1. The second-order valence-corrected chi connectivity index (χ2v) is 7.35. The van der Waals surface area contributed by atoms with Crippen LogP contribution >= 0.6 is 23.4 Å². The minimum absolute atomic E-state index is 0.171. The number of carbonyl (C=O) groups is 1. The predicted molar refractivity (Wildman–Crippen MR) is 92.6 cm³/mol. The standard InChI is InChI=1S/C16H19ClN4OS/c1-11(15(22)21-9-5-6-10-21)23-16-19-18-14(20(16)2)12-7-3-4-8-13(12)17/h3-4,7-8,11H,5-6,9-10H2,1-2H3/t11-/m0/s1. The lowest BCUT2D eigenvalue weighted by molar-refractivity contribution is -0.129. The summed E-state index contributed by atoms with van der Waals surface area (Å²) < 4.78 is 1.89. The molecule has 0 spiro atoms. The van der Waals surface area contributed by atoms with Crippen molar-refractivity contribution < 1.29 is 4.79 Å². The van der Waals surface area contributed by atoms with Gasteiger partial charge in [-0.2, -0.15) is 0 Å². The molecule has 7 heteroatoms. The summed E-state index contributed by atoms with van der Waals surface area (Å²) in [6, 6.07) is 7.55. The number of aromatic nitrogens is 3.